The molecule has 5 nitrogen and oxygen atoms in total. The van der Waals surface area contributed by atoms with E-state index in [0.29, 0.717) is 41.9 Å². The molecule has 1 fully saturated rings. The number of nitrogens with zero attached hydrogens (tertiary/aromatic N) is 3. The lowest BCUT2D eigenvalue weighted by Gasteiger charge is -2.26. The molecule has 1 aromatic carbocycles. The highest BCUT2D eigenvalue weighted by atomic mass is 35.5. The molecule has 2 aromatic rings. The highest BCUT2D eigenvalue weighted by molar-refractivity contribution is 6.38. The number of urea groups is 1. The fourth-order valence-electron chi connectivity index (χ4n) is 3.10. The normalized spacial score (nSPS) is 17.6. The van der Waals surface area contributed by atoms with E-state index in [2.05, 4.69) is 22.1 Å². The molecule has 2 heterocycles. The molecule has 3 rings (SSSR count). The van der Waals surface area contributed by atoms with Crippen LogP contribution in [0.3, 0.4) is 0 Å². The van der Waals surface area contributed by atoms with Crippen molar-refractivity contribution in [2.45, 2.75) is 6.92 Å². The molecule has 1 atom stereocenters. The Hall–Kier alpha value is -1.76. The summed E-state index contributed by atoms with van der Waals surface area (Å²) in [5.41, 5.74) is 1.17. The van der Waals surface area contributed by atoms with Gasteiger partial charge in [0.25, 0.3) is 0 Å². The van der Waals surface area contributed by atoms with Crippen molar-refractivity contribution in [1.29, 1.82) is 0 Å². The Kier molecular flexibility index (Phi) is 6.29. The monoisotopic (exact) mass is 430 g/mol. The third-order valence-corrected chi connectivity index (χ3v) is 5.15. The number of aromatic nitrogens is 1. The molecule has 1 unspecified atom stereocenters. The summed E-state index contributed by atoms with van der Waals surface area (Å²) >= 11 is 18.3. The molecular weight excluding hydrogens is 414 g/mol. The summed E-state index contributed by atoms with van der Waals surface area (Å²) in [6.07, 6.45) is 3.11. The number of carbonyl (C=O) groups is 1. The van der Waals surface area contributed by atoms with Gasteiger partial charge in [0.15, 0.2) is 0 Å². The number of carbonyl (C=O) groups excluding carboxylic acids is 1. The van der Waals surface area contributed by atoms with Gasteiger partial charge < -0.3 is 15.1 Å². The predicted octanol–water partition coefficient (Wildman–Crippen LogP) is 5.17. The maximum absolute atomic E-state index is 13.3. The van der Waals surface area contributed by atoms with E-state index < -0.39 is 5.82 Å². The molecule has 1 N–H and O–H groups in total. The first-order valence-corrected chi connectivity index (χ1v) is 9.53. The number of nitrogens with one attached hydrogen (secondary N) is 1. The number of rotatable bonds is 2. The second-order valence-electron chi connectivity index (χ2n) is 6.51. The zero-order chi connectivity index (χ0) is 19.6. The van der Waals surface area contributed by atoms with E-state index in [-0.39, 0.29) is 17.0 Å². The Morgan fingerprint density at radius 3 is 2.52 bits per heavy atom. The highest BCUT2D eigenvalue weighted by Gasteiger charge is 2.26. The van der Waals surface area contributed by atoms with E-state index in [0.717, 1.165) is 5.69 Å². The maximum Gasteiger partial charge on any atom is 0.321 e. The van der Waals surface area contributed by atoms with E-state index in [9.17, 15) is 9.18 Å². The molecular formula is C18H18Cl3FN4O. The average molecular weight is 432 g/mol. The molecule has 0 bridgehead atoms. The fourth-order valence-corrected chi connectivity index (χ4v) is 3.89. The van der Waals surface area contributed by atoms with E-state index in [1.54, 1.807) is 17.3 Å². The summed E-state index contributed by atoms with van der Waals surface area (Å²) < 4.78 is 13.3. The Balaban J connectivity index is 1.72. The van der Waals surface area contributed by atoms with Gasteiger partial charge in [-0.05, 0) is 24.1 Å². The highest BCUT2D eigenvalue weighted by Crippen LogP contribution is 2.33. The minimum atomic E-state index is -0.528. The van der Waals surface area contributed by atoms with Gasteiger partial charge >= 0.3 is 6.03 Å². The summed E-state index contributed by atoms with van der Waals surface area (Å²) in [6, 6.07) is 3.82. The van der Waals surface area contributed by atoms with Gasteiger partial charge in [0, 0.05) is 44.3 Å². The standard InChI is InChI=1S/C18H18Cl3FN4O/c1-11-9-25(17-14(20)7-23-8-15(17)21)4-5-26(10-11)18(27)24-12-2-3-16(22)13(19)6-12/h2-3,6-8,11H,4-5,9-10H2,1H3,(H,24,27). The maximum atomic E-state index is 13.3. The molecule has 1 aromatic heterocycles. The SMILES string of the molecule is CC1CN(C(=O)Nc2ccc(F)c(Cl)c2)CCN(c2c(Cl)cncc2Cl)C1. The zero-order valence-electron chi connectivity index (χ0n) is 14.6. The summed E-state index contributed by atoms with van der Waals surface area (Å²) in [6.45, 7) is 4.38. The van der Waals surface area contributed by atoms with Gasteiger partial charge in [0.05, 0.1) is 20.8 Å². The van der Waals surface area contributed by atoms with Crippen LogP contribution in [-0.2, 0) is 0 Å². The van der Waals surface area contributed by atoms with Crippen molar-refractivity contribution < 1.29 is 9.18 Å². The van der Waals surface area contributed by atoms with Crippen molar-refractivity contribution in [3.63, 3.8) is 0 Å². The van der Waals surface area contributed by atoms with Crippen LogP contribution in [0.25, 0.3) is 0 Å². The predicted molar refractivity (Wildman–Crippen MR) is 108 cm³/mol. The lowest BCUT2D eigenvalue weighted by molar-refractivity contribution is 0.210. The van der Waals surface area contributed by atoms with Crippen molar-refractivity contribution in [3.8, 4) is 0 Å². The van der Waals surface area contributed by atoms with Crippen LogP contribution < -0.4 is 10.2 Å². The molecule has 9 heteroatoms. The Bertz CT molecular complexity index is 831. The minimum Gasteiger partial charge on any atom is -0.367 e. The number of anilines is 2. The van der Waals surface area contributed by atoms with E-state index in [4.69, 9.17) is 34.8 Å². The van der Waals surface area contributed by atoms with Gasteiger partial charge in [-0.25, -0.2) is 9.18 Å². The van der Waals surface area contributed by atoms with E-state index >= 15 is 0 Å². The number of pyridine rings is 1. The molecule has 1 saturated heterocycles. The lowest BCUT2D eigenvalue weighted by atomic mass is 10.1. The Morgan fingerprint density at radius 1 is 1.15 bits per heavy atom. The average Bonchev–Trinajstić information content (AvgIpc) is 2.80. The molecule has 2 amide bonds. The van der Waals surface area contributed by atoms with Crippen LogP contribution in [0.1, 0.15) is 6.92 Å². The van der Waals surface area contributed by atoms with Crippen LogP contribution >= 0.6 is 34.8 Å². The summed E-state index contributed by atoms with van der Waals surface area (Å²) in [5.74, 6) is -0.338. The molecule has 0 radical (unpaired) electrons. The van der Waals surface area contributed by atoms with Crippen LogP contribution in [0.15, 0.2) is 30.6 Å². The summed E-state index contributed by atoms with van der Waals surface area (Å²) in [4.78, 5) is 20.4. The number of hydrogen-bond acceptors (Lipinski definition) is 3. The van der Waals surface area contributed by atoms with Gasteiger partial charge in [-0.3, -0.25) is 4.98 Å². The zero-order valence-corrected chi connectivity index (χ0v) is 16.8. The molecule has 0 spiro atoms. The molecule has 0 aliphatic carbocycles. The lowest BCUT2D eigenvalue weighted by Crippen LogP contribution is -2.38. The van der Waals surface area contributed by atoms with Crippen molar-refractivity contribution in [2.24, 2.45) is 5.92 Å². The number of benzene rings is 1. The first-order valence-electron chi connectivity index (χ1n) is 8.40. The van der Waals surface area contributed by atoms with Gasteiger partial charge in [0.1, 0.15) is 5.82 Å². The first kappa shape index (κ1) is 20.0. The molecule has 1 aliphatic rings. The quantitative estimate of drug-likeness (QED) is 0.713. The van der Waals surface area contributed by atoms with Crippen molar-refractivity contribution in [2.75, 3.05) is 36.4 Å². The van der Waals surface area contributed by atoms with Crippen molar-refractivity contribution >= 4 is 52.2 Å². The number of amides is 2. The van der Waals surface area contributed by atoms with Crippen LogP contribution in [-0.4, -0.2) is 42.1 Å². The fraction of sp³-hybridized carbons (Fsp3) is 0.333. The van der Waals surface area contributed by atoms with Gasteiger partial charge in [-0.2, -0.15) is 0 Å². The van der Waals surface area contributed by atoms with Crippen molar-refractivity contribution in [3.05, 3.63) is 51.5 Å². The number of hydrogen-bond donors (Lipinski definition) is 1. The largest absolute Gasteiger partial charge is 0.367 e. The van der Waals surface area contributed by atoms with E-state index in [1.165, 1.54) is 18.2 Å². The molecule has 27 heavy (non-hydrogen) atoms. The van der Waals surface area contributed by atoms with Gasteiger partial charge in [-0.1, -0.05) is 41.7 Å². The van der Waals surface area contributed by atoms with E-state index in [1.807, 2.05) is 0 Å². The topological polar surface area (TPSA) is 48.5 Å². The molecule has 0 saturated carbocycles. The Morgan fingerprint density at radius 2 is 1.85 bits per heavy atom. The van der Waals surface area contributed by atoms with Crippen LogP contribution in [0.5, 0.6) is 0 Å². The van der Waals surface area contributed by atoms with Crippen LogP contribution in [0.2, 0.25) is 15.1 Å². The number of halogens is 4. The second-order valence-corrected chi connectivity index (χ2v) is 7.73. The first-order chi connectivity index (χ1) is 12.8. The van der Waals surface area contributed by atoms with Gasteiger partial charge in [-0.15, -0.1) is 0 Å². The van der Waals surface area contributed by atoms with Gasteiger partial charge in [0.2, 0.25) is 0 Å². The summed E-state index contributed by atoms with van der Waals surface area (Å²) in [5, 5.41) is 3.68. The van der Waals surface area contributed by atoms with Crippen molar-refractivity contribution in [1.82, 2.24) is 9.88 Å². The smallest absolute Gasteiger partial charge is 0.321 e. The third-order valence-electron chi connectivity index (χ3n) is 4.31. The Labute approximate surface area is 172 Å². The van der Waals surface area contributed by atoms with Crippen LogP contribution in [0.4, 0.5) is 20.6 Å². The molecule has 1 aliphatic heterocycles. The summed E-state index contributed by atoms with van der Waals surface area (Å²) in [7, 11) is 0. The third kappa shape index (κ3) is 4.75. The minimum absolute atomic E-state index is 0.0369. The molecule has 144 valence electrons. The second kappa shape index (κ2) is 8.50. The van der Waals surface area contributed by atoms with Crippen LogP contribution in [0, 0.1) is 11.7 Å².